The van der Waals surface area contributed by atoms with E-state index in [9.17, 15) is 4.79 Å². The third-order valence-corrected chi connectivity index (χ3v) is 4.12. The van der Waals surface area contributed by atoms with Crippen molar-refractivity contribution >= 4 is 6.03 Å². The summed E-state index contributed by atoms with van der Waals surface area (Å²) in [4.78, 5) is 14.1. The van der Waals surface area contributed by atoms with Gasteiger partial charge in [0, 0.05) is 13.1 Å². The molecule has 2 N–H and O–H groups in total. The van der Waals surface area contributed by atoms with Gasteiger partial charge >= 0.3 is 6.03 Å². The van der Waals surface area contributed by atoms with Gasteiger partial charge in [-0.3, -0.25) is 4.90 Å². The van der Waals surface area contributed by atoms with E-state index in [-0.39, 0.29) is 12.1 Å². The normalized spacial score (nSPS) is 11.9. The van der Waals surface area contributed by atoms with Gasteiger partial charge in [0.25, 0.3) is 0 Å². The van der Waals surface area contributed by atoms with Crippen molar-refractivity contribution in [3.05, 3.63) is 47.9 Å². The molecule has 2 aromatic rings. The van der Waals surface area contributed by atoms with Gasteiger partial charge in [-0.1, -0.05) is 0 Å². The maximum Gasteiger partial charge on any atom is 0.314 e. The average molecular weight is 361 g/mol. The monoisotopic (exact) mass is 361 g/mol. The Bertz CT molecular complexity index is 686. The number of urea groups is 1. The van der Waals surface area contributed by atoms with Crippen molar-refractivity contribution in [2.75, 3.05) is 41.4 Å². The van der Waals surface area contributed by atoms with Crippen molar-refractivity contribution in [1.29, 1.82) is 0 Å². The Kier molecular flexibility index (Phi) is 7.35. The van der Waals surface area contributed by atoms with Crippen molar-refractivity contribution in [2.45, 2.75) is 12.5 Å². The molecule has 0 saturated heterocycles. The molecule has 1 atom stereocenters. The molecule has 0 aliphatic rings. The molecule has 0 fully saturated rings. The molecule has 26 heavy (non-hydrogen) atoms. The number of nitrogens with zero attached hydrogens (tertiary/aromatic N) is 1. The Morgan fingerprint density at radius 3 is 2.62 bits per heavy atom. The predicted octanol–water partition coefficient (Wildman–Crippen LogP) is 2.44. The van der Waals surface area contributed by atoms with Crippen molar-refractivity contribution in [2.24, 2.45) is 0 Å². The summed E-state index contributed by atoms with van der Waals surface area (Å²) in [6.07, 6.45) is 2.27. The van der Waals surface area contributed by atoms with E-state index < -0.39 is 0 Å². The van der Waals surface area contributed by atoms with Gasteiger partial charge in [-0.2, -0.15) is 0 Å². The van der Waals surface area contributed by atoms with E-state index in [2.05, 4.69) is 10.6 Å². The molecule has 2 rings (SSSR count). The molecular weight excluding hydrogens is 334 g/mol. The smallest absolute Gasteiger partial charge is 0.314 e. The van der Waals surface area contributed by atoms with Gasteiger partial charge in [0.2, 0.25) is 0 Å². The number of amides is 2. The number of carbonyl (C=O) groups is 1. The lowest BCUT2D eigenvalue weighted by molar-refractivity contribution is 0.225. The third-order valence-electron chi connectivity index (χ3n) is 4.12. The summed E-state index contributed by atoms with van der Waals surface area (Å²) in [5, 5.41) is 5.75. The fourth-order valence-electron chi connectivity index (χ4n) is 2.66. The molecule has 2 amide bonds. The summed E-state index contributed by atoms with van der Waals surface area (Å²) < 4.78 is 16.0. The van der Waals surface area contributed by atoms with E-state index >= 15 is 0 Å². The fourth-order valence-corrected chi connectivity index (χ4v) is 2.66. The average Bonchev–Trinajstić information content (AvgIpc) is 3.15. The Morgan fingerprint density at radius 1 is 1.19 bits per heavy atom. The summed E-state index contributed by atoms with van der Waals surface area (Å²) in [7, 11) is 7.14. The third kappa shape index (κ3) is 5.42. The molecule has 1 aromatic heterocycles. The maximum atomic E-state index is 12.1. The number of carbonyl (C=O) groups excluding carboxylic acids is 1. The Labute approximate surface area is 154 Å². The molecule has 1 heterocycles. The summed E-state index contributed by atoms with van der Waals surface area (Å²) in [5.41, 5.74) is 0.980. The number of ether oxygens (including phenoxy) is 2. The number of rotatable bonds is 9. The molecule has 0 bridgehead atoms. The summed E-state index contributed by atoms with van der Waals surface area (Å²) in [5.74, 6) is 2.35. The lowest BCUT2D eigenvalue weighted by Crippen LogP contribution is -2.41. The van der Waals surface area contributed by atoms with Crippen LogP contribution >= 0.6 is 0 Å². The van der Waals surface area contributed by atoms with Crippen LogP contribution in [0.2, 0.25) is 0 Å². The molecular formula is C19H27N3O4. The van der Waals surface area contributed by atoms with Crippen molar-refractivity contribution < 1.29 is 18.7 Å². The summed E-state index contributed by atoms with van der Waals surface area (Å²) in [6, 6.07) is 9.13. The number of methoxy groups -OCH3 is 2. The first-order valence-electron chi connectivity index (χ1n) is 8.47. The zero-order valence-corrected chi connectivity index (χ0v) is 15.7. The first kappa shape index (κ1) is 19.7. The van der Waals surface area contributed by atoms with E-state index in [1.54, 1.807) is 20.5 Å². The second-order valence-electron chi connectivity index (χ2n) is 6.06. The van der Waals surface area contributed by atoms with Crippen molar-refractivity contribution in [3.63, 3.8) is 0 Å². The minimum absolute atomic E-state index is 0.0192. The number of hydrogen-bond acceptors (Lipinski definition) is 5. The Morgan fingerprint density at radius 2 is 2.00 bits per heavy atom. The van der Waals surface area contributed by atoms with Gasteiger partial charge in [-0.25, -0.2) is 4.79 Å². The van der Waals surface area contributed by atoms with Crippen LogP contribution in [-0.4, -0.2) is 52.3 Å². The highest BCUT2D eigenvalue weighted by atomic mass is 16.5. The molecule has 0 radical (unpaired) electrons. The number of benzene rings is 1. The minimum atomic E-state index is -0.217. The highest BCUT2D eigenvalue weighted by Gasteiger charge is 2.17. The number of likely N-dealkylation sites (N-methyl/N-ethyl adjacent to an activating group) is 1. The second kappa shape index (κ2) is 9.72. The SMILES string of the molecule is COc1ccc(OC)c(CCNC(=O)NCC(c2ccco2)N(C)C)c1. The highest BCUT2D eigenvalue weighted by Crippen LogP contribution is 2.24. The van der Waals surface area contributed by atoms with Gasteiger partial charge in [0.15, 0.2) is 0 Å². The standard InChI is InChI=1S/C19H27N3O4/c1-22(2)16(18-6-5-11-26-18)13-21-19(23)20-10-9-14-12-15(24-3)7-8-17(14)25-4/h5-8,11-12,16H,9-10,13H2,1-4H3,(H2,20,21,23). The van der Waals surface area contributed by atoms with E-state index in [0.717, 1.165) is 22.8 Å². The van der Waals surface area contributed by atoms with Gasteiger partial charge in [0.05, 0.1) is 26.5 Å². The van der Waals surface area contributed by atoms with Crippen LogP contribution in [0.4, 0.5) is 4.79 Å². The van der Waals surface area contributed by atoms with Crippen LogP contribution in [0.5, 0.6) is 11.5 Å². The molecule has 142 valence electrons. The number of hydrogen-bond donors (Lipinski definition) is 2. The maximum absolute atomic E-state index is 12.1. The predicted molar refractivity (Wildman–Crippen MR) is 99.8 cm³/mol. The molecule has 0 aliphatic heterocycles. The lowest BCUT2D eigenvalue weighted by Gasteiger charge is -2.22. The topological polar surface area (TPSA) is 76.0 Å². The molecule has 0 saturated carbocycles. The van der Waals surface area contributed by atoms with Gasteiger partial charge in [-0.15, -0.1) is 0 Å². The second-order valence-corrected chi connectivity index (χ2v) is 6.06. The Balaban J connectivity index is 1.82. The van der Waals surface area contributed by atoms with E-state index in [1.165, 1.54) is 0 Å². The quantitative estimate of drug-likeness (QED) is 0.717. The molecule has 7 nitrogen and oxygen atoms in total. The molecule has 0 spiro atoms. The zero-order chi connectivity index (χ0) is 18.9. The van der Waals surface area contributed by atoms with Gasteiger partial charge < -0.3 is 24.5 Å². The number of furan rings is 1. The van der Waals surface area contributed by atoms with Crippen LogP contribution in [0.3, 0.4) is 0 Å². The van der Waals surface area contributed by atoms with Crippen LogP contribution in [0, 0.1) is 0 Å². The summed E-state index contributed by atoms with van der Waals surface area (Å²) >= 11 is 0. The van der Waals surface area contributed by atoms with Gasteiger partial charge in [0.1, 0.15) is 17.3 Å². The first-order valence-corrected chi connectivity index (χ1v) is 8.47. The molecule has 1 unspecified atom stereocenters. The van der Waals surface area contributed by atoms with E-state index in [4.69, 9.17) is 13.9 Å². The fraction of sp³-hybridized carbons (Fsp3) is 0.421. The lowest BCUT2D eigenvalue weighted by atomic mass is 10.1. The van der Waals surface area contributed by atoms with Crippen LogP contribution in [0.1, 0.15) is 17.4 Å². The largest absolute Gasteiger partial charge is 0.497 e. The van der Waals surface area contributed by atoms with Crippen LogP contribution in [0.15, 0.2) is 41.0 Å². The number of nitrogens with one attached hydrogen (secondary N) is 2. The summed E-state index contributed by atoms with van der Waals surface area (Å²) in [6.45, 7) is 0.942. The zero-order valence-electron chi connectivity index (χ0n) is 15.7. The first-order chi connectivity index (χ1) is 12.5. The molecule has 7 heteroatoms. The minimum Gasteiger partial charge on any atom is -0.497 e. The molecule has 0 aliphatic carbocycles. The van der Waals surface area contributed by atoms with Crippen LogP contribution in [-0.2, 0) is 6.42 Å². The van der Waals surface area contributed by atoms with Crippen LogP contribution < -0.4 is 20.1 Å². The van der Waals surface area contributed by atoms with Crippen molar-refractivity contribution in [3.8, 4) is 11.5 Å². The van der Waals surface area contributed by atoms with Gasteiger partial charge in [-0.05, 0) is 56.4 Å². The van der Waals surface area contributed by atoms with E-state index in [1.807, 2.05) is 49.3 Å². The van der Waals surface area contributed by atoms with E-state index in [0.29, 0.717) is 19.5 Å². The van der Waals surface area contributed by atoms with Crippen LogP contribution in [0.25, 0.3) is 0 Å². The Hall–Kier alpha value is -2.67. The van der Waals surface area contributed by atoms with Crippen molar-refractivity contribution in [1.82, 2.24) is 15.5 Å². The highest BCUT2D eigenvalue weighted by molar-refractivity contribution is 5.73. The molecule has 1 aromatic carbocycles.